The molecule has 2 rings (SSSR count). The van der Waals surface area contributed by atoms with Crippen LogP contribution in [-0.2, 0) is 5.41 Å². The van der Waals surface area contributed by atoms with Gasteiger partial charge in [0.2, 0.25) is 5.91 Å². The zero-order valence-electron chi connectivity index (χ0n) is 10.6. The number of aryl methyl sites for hydroxylation is 1. The zero-order chi connectivity index (χ0) is 13.3. The molecule has 0 aliphatic carbocycles. The first kappa shape index (κ1) is 12.8. The van der Waals surface area contributed by atoms with E-state index in [1.807, 2.05) is 32.0 Å². The molecule has 0 radical (unpaired) electrons. The van der Waals surface area contributed by atoms with E-state index >= 15 is 0 Å². The number of benzene rings is 1. The van der Waals surface area contributed by atoms with Crippen molar-refractivity contribution in [3.05, 3.63) is 53.1 Å². The number of hydrogen-bond donors (Lipinski definition) is 0. The summed E-state index contributed by atoms with van der Waals surface area (Å²) in [5.41, 5.74) is 0.133. The monoisotopic (exact) mass is 262 g/mol. The third-order valence-corrected chi connectivity index (χ3v) is 3.46. The Bertz CT molecular complexity index is 587. The first-order valence-electron chi connectivity index (χ1n) is 5.74. The number of hydrogen-bond acceptors (Lipinski definition) is 2. The van der Waals surface area contributed by atoms with E-state index in [9.17, 15) is 4.79 Å². The third-order valence-electron chi connectivity index (χ3n) is 3.13. The molecule has 0 fully saturated rings. The molecule has 4 heteroatoms. The van der Waals surface area contributed by atoms with Gasteiger partial charge in [-0.15, -0.1) is 0 Å². The van der Waals surface area contributed by atoms with Gasteiger partial charge in [-0.25, -0.2) is 4.98 Å². The molecule has 0 aliphatic heterocycles. The second kappa shape index (κ2) is 4.58. The molecule has 94 valence electrons. The highest BCUT2D eigenvalue weighted by molar-refractivity contribution is 6.31. The molecule has 0 atom stereocenters. The lowest BCUT2D eigenvalue weighted by molar-refractivity contribution is 0.0819. The fourth-order valence-electron chi connectivity index (χ4n) is 1.98. The predicted octanol–water partition coefficient (Wildman–Crippen LogP) is 3.46. The molecule has 0 saturated carbocycles. The van der Waals surface area contributed by atoms with Gasteiger partial charge in [-0.2, -0.15) is 0 Å². The first-order valence-corrected chi connectivity index (χ1v) is 6.12. The van der Waals surface area contributed by atoms with E-state index in [1.54, 1.807) is 30.0 Å². The van der Waals surface area contributed by atoms with Crippen LogP contribution in [0.1, 0.15) is 30.0 Å². The molecular weight excluding hydrogens is 248 g/mol. The second-order valence-corrected chi connectivity index (χ2v) is 5.16. The molecule has 0 aliphatic rings. The Balaban J connectivity index is 2.47. The van der Waals surface area contributed by atoms with Crippen molar-refractivity contribution in [3.8, 4) is 0 Å². The number of imidazole rings is 1. The smallest absolute Gasteiger partial charge is 0.242 e. The molecular formula is C14H15ClN2O. The summed E-state index contributed by atoms with van der Waals surface area (Å²) in [5, 5.41) is 0.605. The lowest BCUT2D eigenvalue weighted by Crippen LogP contribution is -2.34. The van der Waals surface area contributed by atoms with Gasteiger partial charge in [-0.05, 0) is 32.4 Å². The highest BCUT2D eigenvalue weighted by atomic mass is 35.5. The summed E-state index contributed by atoms with van der Waals surface area (Å²) in [6, 6.07) is 7.42. The van der Waals surface area contributed by atoms with Gasteiger partial charge in [0.1, 0.15) is 5.82 Å². The molecule has 0 amide bonds. The second-order valence-electron chi connectivity index (χ2n) is 4.75. The van der Waals surface area contributed by atoms with Crippen molar-refractivity contribution in [2.45, 2.75) is 26.2 Å². The van der Waals surface area contributed by atoms with Gasteiger partial charge in [0.25, 0.3) is 0 Å². The molecule has 0 bridgehead atoms. The Hall–Kier alpha value is -1.61. The van der Waals surface area contributed by atoms with Gasteiger partial charge in [0.15, 0.2) is 0 Å². The van der Waals surface area contributed by atoms with Crippen LogP contribution in [0, 0.1) is 6.92 Å². The third kappa shape index (κ3) is 2.06. The lowest BCUT2D eigenvalue weighted by Gasteiger charge is -2.25. The van der Waals surface area contributed by atoms with E-state index in [0.29, 0.717) is 10.8 Å². The summed E-state index contributed by atoms with van der Waals surface area (Å²) in [6.07, 6.45) is 3.30. The number of halogens is 1. The summed E-state index contributed by atoms with van der Waals surface area (Å²) in [4.78, 5) is 16.6. The van der Waals surface area contributed by atoms with Gasteiger partial charge >= 0.3 is 0 Å². The maximum absolute atomic E-state index is 12.6. The normalized spacial score (nSPS) is 11.6. The molecule has 0 N–H and O–H groups in total. The minimum Gasteiger partial charge on any atom is -0.273 e. The summed E-state index contributed by atoms with van der Waals surface area (Å²) in [6.45, 7) is 5.55. The van der Waals surface area contributed by atoms with Crippen LogP contribution in [0.15, 0.2) is 36.7 Å². The maximum atomic E-state index is 12.6. The molecule has 0 spiro atoms. The fourth-order valence-corrected chi connectivity index (χ4v) is 2.35. The van der Waals surface area contributed by atoms with E-state index in [1.165, 1.54) is 0 Å². The Labute approximate surface area is 111 Å². The molecule has 1 heterocycles. The van der Waals surface area contributed by atoms with Gasteiger partial charge in [0, 0.05) is 17.4 Å². The Kier molecular flexibility index (Phi) is 3.26. The quantitative estimate of drug-likeness (QED) is 0.831. The Morgan fingerprint density at radius 1 is 1.33 bits per heavy atom. The van der Waals surface area contributed by atoms with E-state index in [2.05, 4.69) is 4.98 Å². The van der Waals surface area contributed by atoms with Gasteiger partial charge < -0.3 is 0 Å². The minimum atomic E-state index is -0.691. The van der Waals surface area contributed by atoms with Crippen LogP contribution in [0.5, 0.6) is 0 Å². The van der Waals surface area contributed by atoms with E-state index in [4.69, 9.17) is 11.6 Å². The average molecular weight is 263 g/mol. The predicted molar refractivity (Wildman–Crippen MR) is 72.1 cm³/mol. The lowest BCUT2D eigenvalue weighted by atomic mass is 9.83. The van der Waals surface area contributed by atoms with Crippen molar-refractivity contribution in [1.29, 1.82) is 0 Å². The first-order chi connectivity index (χ1) is 8.44. The number of rotatable bonds is 2. The zero-order valence-corrected chi connectivity index (χ0v) is 11.4. The summed E-state index contributed by atoms with van der Waals surface area (Å²) >= 11 is 6.18. The van der Waals surface area contributed by atoms with Gasteiger partial charge in [-0.1, -0.05) is 29.8 Å². The molecule has 0 unspecified atom stereocenters. The standard InChI is InChI=1S/C14H15ClN2O/c1-10-16-8-9-17(10)13(18)14(2,3)11-6-4-5-7-12(11)15/h4-9H,1-3H3. The molecule has 18 heavy (non-hydrogen) atoms. The molecule has 1 aromatic heterocycles. The largest absolute Gasteiger partial charge is 0.273 e. The van der Waals surface area contributed by atoms with Crippen LogP contribution in [0.4, 0.5) is 0 Å². The molecule has 0 saturated heterocycles. The van der Waals surface area contributed by atoms with E-state index in [0.717, 1.165) is 5.56 Å². The van der Waals surface area contributed by atoms with Crippen LogP contribution >= 0.6 is 11.6 Å². The maximum Gasteiger partial charge on any atom is 0.242 e. The van der Waals surface area contributed by atoms with E-state index in [-0.39, 0.29) is 5.91 Å². The van der Waals surface area contributed by atoms with Crippen LogP contribution in [0.25, 0.3) is 0 Å². The summed E-state index contributed by atoms with van der Waals surface area (Å²) < 4.78 is 1.56. The van der Waals surface area contributed by atoms with Crippen LogP contribution in [0.3, 0.4) is 0 Å². The van der Waals surface area contributed by atoms with Crippen LogP contribution in [-0.4, -0.2) is 15.5 Å². The molecule has 2 aromatic rings. The van der Waals surface area contributed by atoms with Crippen molar-refractivity contribution >= 4 is 17.5 Å². The summed E-state index contributed by atoms with van der Waals surface area (Å²) in [5.74, 6) is 0.644. The number of aromatic nitrogens is 2. The van der Waals surface area contributed by atoms with Crippen molar-refractivity contribution < 1.29 is 4.79 Å². The van der Waals surface area contributed by atoms with Crippen molar-refractivity contribution in [2.75, 3.05) is 0 Å². The number of nitrogens with zero attached hydrogens (tertiary/aromatic N) is 2. The van der Waals surface area contributed by atoms with Crippen molar-refractivity contribution in [3.63, 3.8) is 0 Å². The average Bonchev–Trinajstić information content (AvgIpc) is 2.74. The summed E-state index contributed by atoms with van der Waals surface area (Å²) in [7, 11) is 0. The van der Waals surface area contributed by atoms with Gasteiger partial charge in [-0.3, -0.25) is 9.36 Å². The molecule has 3 nitrogen and oxygen atoms in total. The fraction of sp³-hybridized carbons (Fsp3) is 0.286. The number of carbonyl (C=O) groups excluding carboxylic acids is 1. The highest BCUT2D eigenvalue weighted by Gasteiger charge is 2.33. The van der Waals surface area contributed by atoms with Crippen molar-refractivity contribution in [2.24, 2.45) is 0 Å². The van der Waals surface area contributed by atoms with Crippen LogP contribution in [0.2, 0.25) is 5.02 Å². The molecule has 1 aromatic carbocycles. The van der Waals surface area contributed by atoms with Crippen LogP contribution < -0.4 is 0 Å². The van der Waals surface area contributed by atoms with Crippen molar-refractivity contribution in [1.82, 2.24) is 9.55 Å². The highest BCUT2D eigenvalue weighted by Crippen LogP contribution is 2.31. The topological polar surface area (TPSA) is 34.9 Å². The van der Waals surface area contributed by atoms with E-state index < -0.39 is 5.41 Å². The SMILES string of the molecule is Cc1nccn1C(=O)C(C)(C)c1ccccc1Cl. The number of carbonyl (C=O) groups is 1. The Morgan fingerprint density at radius 2 is 2.00 bits per heavy atom. The Morgan fingerprint density at radius 3 is 2.56 bits per heavy atom. The van der Waals surface area contributed by atoms with Gasteiger partial charge in [0.05, 0.1) is 5.41 Å². The minimum absolute atomic E-state index is 0.0365.